The van der Waals surface area contributed by atoms with E-state index in [-0.39, 0.29) is 6.54 Å². The van der Waals surface area contributed by atoms with E-state index in [1.165, 1.54) is 11.3 Å². The standard InChI is InChI=1S/C8H8N6O3S/c1-12-2-3-18-8(12)10-6(15)4-13-5-9-7(11-13)14(16)17/h2-3,5H,4H2,1H3. The Morgan fingerprint density at radius 3 is 3.00 bits per heavy atom. The number of nitrogens with zero attached hydrogens (tertiary/aromatic N) is 6. The molecule has 2 aromatic heterocycles. The van der Waals surface area contributed by atoms with Crippen molar-refractivity contribution in [3.05, 3.63) is 32.8 Å². The fraction of sp³-hybridized carbons (Fsp3) is 0.250. The molecule has 94 valence electrons. The van der Waals surface area contributed by atoms with Crippen LogP contribution in [-0.2, 0) is 18.4 Å². The van der Waals surface area contributed by atoms with Gasteiger partial charge in [-0.2, -0.15) is 9.67 Å². The molecule has 1 amide bonds. The summed E-state index contributed by atoms with van der Waals surface area (Å²) in [6, 6.07) is 0. The van der Waals surface area contributed by atoms with Gasteiger partial charge in [0.05, 0.1) is 0 Å². The van der Waals surface area contributed by atoms with Crippen molar-refractivity contribution in [1.29, 1.82) is 0 Å². The van der Waals surface area contributed by atoms with Crippen LogP contribution in [0.15, 0.2) is 22.9 Å². The third-order valence-electron chi connectivity index (χ3n) is 1.96. The van der Waals surface area contributed by atoms with Gasteiger partial charge in [-0.25, -0.2) is 0 Å². The average Bonchev–Trinajstić information content (AvgIpc) is 2.89. The van der Waals surface area contributed by atoms with Crippen LogP contribution >= 0.6 is 11.3 Å². The van der Waals surface area contributed by atoms with Gasteiger partial charge in [0.1, 0.15) is 6.54 Å². The second kappa shape index (κ2) is 4.87. The maximum Gasteiger partial charge on any atom is 0.490 e. The minimum Gasteiger partial charge on any atom is -0.390 e. The quantitative estimate of drug-likeness (QED) is 0.561. The number of amides is 1. The fourth-order valence-corrected chi connectivity index (χ4v) is 1.91. The highest BCUT2D eigenvalue weighted by Gasteiger charge is 2.14. The number of aromatic nitrogens is 4. The topological polar surface area (TPSA) is 108 Å². The first kappa shape index (κ1) is 12.1. The van der Waals surface area contributed by atoms with Gasteiger partial charge in [0.2, 0.25) is 6.33 Å². The Hall–Kier alpha value is -2.36. The normalized spacial score (nSPS) is 11.7. The van der Waals surface area contributed by atoms with E-state index >= 15 is 0 Å². The summed E-state index contributed by atoms with van der Waals surface area (Å²) >= 11 is 1.32. The van der Waals surface area contributed by atoms with Crippen molar-refractivity contribution in [3.63, 3.8) is 0 Å². The fourth-order valence-electron chi connectivity index (χ4n) is 1.16. The van der Waals surface area contributed by atoms with Crippen LogP contribution in [0.2, 0.25) is 0 Å². The van der Waals surface area contributed by atoms with Crippen molar-refractivity contribution < 1.29 is 9.72 Å². The van der Waals surface area contributed by atoms with Gasteiger partial charge in [-0.05, 0) is 4.92 Å². The van der Waals surface area contributed by atoms with Crippen molar-refractivity contribution in [3.8, 4) is 0 Å². The zero-order valence-corrected chi connectivity index (χ0v) is 10.1. The van der Waals surface area contributed by atoms with Crippen molar-refractivity contribution in [1.82, 2.24) is 19.3 Å². The molecule has 18 heavy (non-hydrogen) atoms. The van der Waals surface area contributed by atoms with E-state index in [1.54, 1.807) is 23.2 Å². The molecule has 0 aromatic carbocycles. The second-order valence-electron chi connectivity index (χ2n) is 3.30. The zero-order valence-electron chi connectivity index (χ0n) is 9.26. The first-order valence-corrected chi connectivity index (χ1v) is 5.66. The number of nitro groups is 1. The molecule has 0 fully saturated rings. The molecule has 0 aliphatic heterocycles. The van der Waals surface area contributed by atoms with Crippen molar-refractivity contribution in [2.75, 3.05) is 0 Å². The molecular weight excluding hydrogens is 260 g/mol. The van der Waals surface area contributed by atoms with Crippen LogP contribution in [0.1, 0.15) is 0 Å². The van der Waals surface area contributed by atoms with Gasteiger partial charge in [-0.15, -0.1) is 11.3 Å². The predicted molar refractivity (Wildman–Crippen MR) is 60.5 cm³/mol. The summed E-state index contributed by atoms with van der Waals surface area (Å²) in [5, 5.41) is 15.7. The molecular formula is C8H8N6O3S. The van der Waals surface area contributed by atoms with Crippen molar-refractivity contribution >= 4 is 23.2 Å². The van der Waals surface area contributed by atoms with Gasteiger partial charge < -0.3 is 14.7 Å². The largest absolute Gasteiger partial charge is 0.490 e. The van der Waals surface area contributed by atoms with Gasteiger partial charge in [0.25, 0.3) is 5.91 Å². The number of carbonyl (C=O) groups excluding carboxylic acids is 1. The highest BCUT2D eigenvalue weighted by molar-refractivity contribution is 7.07. The highest BCUT2D eigenvalue weighted by Crippen LogP contribution is 1.99. The first-order valence-electron chi connectivity index (χ1n) is 4.78. The third kappa shape index (κ3) is 2.66. The molecule has 0 unspecified atom stereocenters. The Kier molecular flexibility index (Phi) is 3.28. The summed E-state index contributed by atoms with van der Waals surface area (Å²) in [4.78, 5) is 29.1. The maximum absolute atomic E-state index is 11.6. The molecule has 0 N–H and O–H groups in total. The molecule has 0 saturated heterocycles. The molecule has 9 nitrogen and oxygen atoms in total. The van der Waals surface area contributed by atoms with Gasteiger partial charge in [-0.1, -0.05) is 4.98 Å². The van der Waals surface area contributed by atoms with Crippen LogP contribution in [0.3, 0.4) is 0 Å². The van der Waals surface area contributed by atoms with Crippen molar-refractivity contribution in [2.24, 2.45) is 12.0 Å². The smallest absolute Gasteiger partial charge is 0.390 e. The lowest BCUT2D eigenvalue weighted by molar-refractivity contribution is -0.394. The lowest BCUT2D eigenvalue weighted by atomic mass is 10.6. The predicted octanol–water partition coefficient (Wildman–Crippen LogP) is -0.286. The highest BCUT2D eigenvalue weighted by atomic mass is 32.1. The Morgan fingerprint density at radius 1 is 1.67 bits per heavy atom. The van der Waals surface area contributed by atoms with E-state index in [2.05, 4.69) is 15.1 Å². The molecule has 0 radical (unpaired) electrons. The van der Waals surface area contributed by atoms with Crippen LogP contribution in [0.25, 0.3) is 0 Å². The van der Waals surface area contributed by atoms with Crippen LogP contribution in [-0.4, -0.2) is 30.2 Å². The maximum atomic E-state index is 11.6. The molecule has 0 atom stereocenters. The number of carbonyl (C=O) groups is 1. The number of aryl methyl sites for hydroxylation is 1. The van der Waals surface area contributed by atoms with E-state index < -0.39 is 16.8 Å². The first-order chi connectivity index (χ1) is 8.56. The van der Waals surface area contributed by atoms with Gasteiger partial charge in [0.15, 0.2) is 4.80 Å². The second-order valence-corrected chi connectivity index (χ2v) is 4.17. The molecule has 0 aliphatic carbocycles. The number of hydrogen-bond acceptors (Lipinski definition) is 6. The van der Waals surface area contributed by atoms with E-state index in [4.69, 9.17) is 0 Å². The average molecular weight is 268 g/mol. The van der Waals surface area contributed by atoms with Gasteiger partial charge in [-0.3, -0.25) is 4.79 Å². The molecule has 2 heterocycles. The van der Waals surface area contributed by atoms with Crippen molar-refractivity contribution in [2.45, 2.75) is 6.54 Å². The molecule has 2 aromatic rings. The lowest BCUT2D eigenvalue weighted by Crippen LogP contribution is -2.16. The number of thiazole rings is 1. The van der Waals surface area contributed by atoms with Crippen LogP contribution < -0.4 is 4.80 Å². The summed E-state index contributed by atoms with van der Waals surface area (Å²) in [6.07, 6.45) is 2.90. The molecule has 2 rings (SSSR count). The van der Waals surface area contributed by atoms with Gasteiger partial charge >= 0.3 is 5.95 Å². The van der Waals surface area contributed by atoms with Gasteiger partial charge in [0, 0.05) is 23.7 Å². The Balaban J connectivity index is 2.12. The van der Waals surface area contributed by atoms with Crippen LogP contribution in [0.5, 0.6) is 0 Å². The number of hydrogen-bond donors (Lipinski definition) is 0. The minimum atomic E-state index is -0.725. The SMILES string of the molecule is Cn1ccsc1=NC(=O)Cn1cnc([N+](=O)[O-])n1. The van der Waals surface area contributed by atoms with E-state index in [0.717, 1.165) is 11.0 Å². The third-order valence-corrected chi connectivity index (χ3v) is 2.81. The van der Waals surface area contributed by atoms with Crippen LogP contribution in [0, 0.1) is 10.1 Å². The molecule has 0 bridgehead atoms. The summed E-state index contributed by atoms with van der Waals surface area (Å²) < 4.78 is 2.78. The molecule has 0 aliphatic rings. The zero-order chi connectivity index (χ0) is 13.1. The lowest BCUT2D eigenvalue weighted by Gasteiger charge is -1.91. The summed E-state index contributed by atoms with van der Waals surface area (Å²) in [5.41, 5.74) is 0. The minimum absolute atomic E-state index is 0.182. The summed E-state index contributed by atoms with van der Waals surface area (Å²) in [5.74, 6) is -0.989. The molecule has 0 spiro atoms. The van der Waals surface area contributed by atoms with Crippen LogP contribution in [0.4, 0.5) is 5.95 Å². The summed E-state index contributed by atoms with van der Waals surface area (Å²) in [7, 11) is 1.77. The van der Waals surface area contributed by atoms with E-state index in [1.807, 2.05) is 0 Å². The molecule has 0 saturated carbocycles. The molecule has 10 heteroatoms. The monoisotopic (exact) mass is 268 g/mol. The van der Waals surface area contributed by atoms with E-state index in [9.17, 15) is 14.9 Å². The Bertz CT molecular complexity index is 654. The Labute approximate surface area is 104 Å². The number of rotatable bonds is 3. The van der Waals surface area contributed by atoms with E-state index in [0.29, 0.717) is 4.80 Å². The summed E-state index contributed by atoms with van der Waals surface area (Å²) in [6.45, 7) is -0.182. The Morgan fingerprint density at radius 2 is 2.44 bits per heavy atom.